The number of fused-ring (bicyclic) bond motifs is 2. The molecule has 0 aliphatic heterocycles. The van der Waals surface area contributed by atoms with E-state index in [0.717, 1.165) is 11.8 Å². The van der Waals surface area contributed by atoms with Crippen LogP contribution < -0.4 is 10.4 Å². The fraction of sp³-hybridized carbons (Fsp3) is 0.273. The van der Waals surface area contributed by atoms with E-state index in [2.05, 4.69) is 36.4 Å². The summed E-state index contributed by atoms with van der Waals surface area (Å²) in [5.74, 6) is 1.76. The van der Waals surface area contributed by atoms with Crippen LogP contribution in [0, 0.1) is 11.8 Å². The van der Waals surface area contributed by atoms with Crippen molar-refractivity contribution in [1.82, 2.24) is 0 Å². The normalized spacial score (nSPS) is 30.9. The van der Waals surface area contributed by atoms with Gasteiger partial charge >= 0.3 is 0 Å². The summed E-state index contributed by atoms with van der Waals surface area (Å²) < 4.78 is 0. The highest BCUT2D eigenvalue weighted by Gasteiger charge is 2.33. The van der Waals surface area contributed by atoms with Crippen molar-refractivity contribution in [2.24, 2.45) is 11.8 Å². The third-order valence-electron chi connectivity index (χ3n) is 2.67. The zero-order valence-electron chi connectivity index (χ0n) is 6.33. The standard InChI is InChI=1S/C11H10/c1-2-4-9-6-11-7-10(11)5-8(9)3-1/h1-6,10-11H,7H2/t10-,11?/m0/s1. The molecule has 0 spiro atoms. The van der Waals surface area contributed by atoms with Crippen LogP contribution in [0.4, 0.5) is 0 Å². The summed E-state index contributed by atoms with van der Waals surface area (Å²) in [6.07, 6.45) is 6.22. The second kappa shape index (κ2) is 1.76. The smallest absolute Gasteiger partial charge is 0.0155 e. The molecule has 0 bridgehead atoms. The zero-order valence-corrected chi connectivity index (χ0v) is 6.33. The summed E-state index contributed by atoms with van der Waals surface area (Å²) in [5, 5.41) is 2.87. The lowest BCUT2D eigenvalue weighted by molar-refractivity contribution is 1.06. The second-order valence-electron chi connectivity index (χ2n) is 3.53. The van der Waals surface area contributed by atoms with Gasteiger partial charge in [0, 0.05) is 0 Å². The van der Waals surface area contributed by atoms with Crippen LogP contribution in [-0.4, -0.2) is 0 Å². The molecule has 0 heterocycles. The summed E-state index contributed by atoms with van der Waals surface area (Å²) in [6.45, 7) is 0. The van der Waals surface area contributed by atoms with Gasteiger partial charge in [-0.15, -0.1) is 0 Å². The average molecular weight is 142 g/mol. The molecule has 0 aromatic heterocycles. The lowest BCUT2D eigenvalue weighted by Crippen LogP contribution is -2.26. The average Bonchev–Trinajstić information content (AvgIpc) is 2.77. The van der Waals surface area contributed by atoms with Gasteiger partial charge in [0.1, 0.15) is 0 Å². The number of benzene rings is 1. The summed E-state index contributed by atoms with van der Waals surface area (Å²) in [4.78, 5) is 0. The van der Waals surface area contributed by atoms with Crippen molar-refractivity contribution in [2.75, 3.05) is 0 Å². The molecule has 1 fully saturated rings. The topological polar surface area (TPSA) is 0 Å². The molecule has 2 atom stereocenters. The maximum atomic E-state index is 2.42. The summed E-state index contributed by atoms with van der Waals surface area (Å²) in [5.41, 5.74) is 0. The Morgan fingerprint density at radius 1 is 0.909 bits per heavy atom. The third-order valence-corrected chi connectivity index (χ3v) is 2.67. The van der Waals surface area contributed by atoms with E-state index in [1.54, 1.807) is 0 Å². The lowest BCUT2D eigenvalue weighted by atomic mass is 10.1. The van der Waals surface area contributed by atoms with E-state index < -0.39 is 0 Å². The first-order valence-corrected chi connectivity index (χ1v) is 4.22. The Balaban J connectivity index is 2.42. The van der Waals surface area contributed by atoms with E-state index in [9.17, 15) is 0 Å². The molecule has 0 saturated heterocycles. The van der Waals surface area contributed by atoms with Crippen molar-refractivity contribution in [1.29, 1.82) is 0 Å². The highest BCUT2D eigenvalue weighted by atomic mass is 14.4. The number of hydrogen-bond acceptors (Lipinski definition) is 0. The molecule has 1 saturated carbocycles. The van der Waals surface area contributed by atoms with Gasteiger partial charge < -0.3 is 0 Å². The van der Waals surface area contributed by atoms with Crippen LogP contribution >= 0.6 is 0 Å². The van der Waals surface area contributed by atoms with E-state index >= 15 is 0 Å². The molecule has 0 N–H and O–H groups in total. The van der Waals surface area contributed by atoms with Crippen molar-refractivity contribution < 1.29 is 0 Å². The van der Waals surface area contributed by atoms with Crippen molar-refractivity contribution >= 4 is 12.2 Å². The first-order chi connectivity index (χ1) is 5.43. The van der Waals surface area contributed by atoms with Gasteiger partial charge in [-0.2, -0.15) is 0 Å². The van der Waals surface area contributed by atoms with Gasteiger partial charge in [0.15, 0.2) is 0 Å². The van der Waals surface area contributed by atoms with E-state index in [1.807, 2.05) is 0 Å². The molecule has 0 radical (unpaired) electrons. The van der Waals surface area contributed by atoms with Gasteiger partial charge in [-0.05, 0) is 28.7 Å². The fourth-order valence-corrected chi connectivity index (χ4v) is 1.89. The SMILES string of the molecule is C1=c2ccccc2=C[C@H]2CC12. The largest absolute Gasteiger partial charge is 0.0729 e. The molecule has 3 rings (SSSR count). The lowest BCUT2D eigenvalue weighted by Gasteiger charge is -1.96. The van der Waals surface area contributed by atoms with Crippen LogP contribution in [0.5, 0.6) is 0 Å². The van der Waals surface area contributed by atoms with Gasteiger partial charge in [-0.3, -0.25) is 0 Å². The molecule has 0 heteroatoms. The van der Waals surface area contributed by atoms with Gasteiger partial charge in [0.2, 0.25) is 0 Å². The molecular weight excluding hydrogens is 132 g/mol. The van der Waals surface area contributed by atoms with Crippen LogP contribution in [0.15, 0.2) is 24.3 Å². The molecular formula is C11H10. The van der Waals surface area contributed by atoms with E-state index in [-0.39, 0.29) is 0 Å². The molecule has 11 heavy (non-hydrogen) atoms. The Bertz CT molecular complexity index is 361. The van der Waals surface area contributed by atoms with Gasteiger partial charge in [-0.25, -0.2) is 0 Å². The van der Waals surface area contributed by atoms with Crippen LogP contribution in [0.3, 0.4) is 0 Å². The predicted molar refractivity (Wildman–Crippen MR) is 46.2 cm³/mol. The molecule has 1 aromatic carbocycles. The fourth-order valence-electron chi connectivity index (χ4n) is 1.89. The van der Waals surface area contributed by atoms with E-state index in [0.29, 0.717) is 0 Å². The van der Waals surface area contributed by atoms with Crippen LogP contribution in [0.1, 0.15) is 6.42 Å². The minimum atomic E-state index is 0.880. The summed E-state index contributed by atoms with van der Waals surface area (Å²) >= 11 is 0. The predicted octanol–water partition coefficient (Wildman–Crippen LogP) is 0.897. The monoisotopic (exact) mass is 142 g/mol. The summed E-state index contributed by atoms with van der Waals surface area (Å²) in [6, 6.07) is 8.65. The Kier molecular flexibility index (Phi) is 0.894. The first kappa shape index (κ1) is 5.59. The summed E-state index contributed by atoms with van der Waals surface area (Å²) in [7, 11) is 0. The maximum Gasteiger partial charge on any atom is -0.0155 e. The maximum absolute atomic E-state index is 2.42. The molecule has 0 amide bonds. The highest BCUT2D eigenvalue weighted by molar-refractivity contribution is 5.49. The Morgan fingerprint density at radius 2 is 1.45 bits per heavy atom. The quantitative estimate of drug-likeness (QED) is 0.505. The van der Waals surface area contributed by atoms with Gasteiger partial charge in [0.05, 0.1) is 0 Å². The number of rotatable bonds is 0. The molecule has 1 unspecified atom stereocenters. The second-order valence-corrected chi connectivity index (χ2v) is 3.53. The zero-order chi connectivity index (χ0) is 7.26. The molecule has 1 aromatic rings. The Labute approximate surface area is 65.9 Å². The van der Waals surface area contributed by atoms with E-state index in [1.165, 1.54) is 16.9 Å². The highest BCUT2D eigenvalue weighted by Crippen LogP contribution is 2.41. The van der Waals surface area contributed by atoms with Gasteiger partial charge in [-0.1, -0.05) is 36.4 Å². The Morgan fingerprint density at radius 3 is 2.00 bits per heavy atom. The molecule has 2 aliphatic rings. The van der Waals surface area contributed by atoms with E-state index in [4.69, 9.17) is 0 Å². The molecule has 54 valence electrons. The van der Waals surface area contributed by atoms with Crippen molar-refractivity contribution in [2.45, 2.75) is 6.42 Å². The van der Waals surface area contributed by atoms with Crippen LogP contribution in [-0.2, 0) is 0 Å². The van der Waals surface area contributed by atoms with Crippen molar-refractivity contribution in [3.63, 3.8) is 0 Å². The van der Waals surface area contributed by atoms with Gasteiger partial charge in [0.25, 0.3) is 0 Å². The minimum Gasteiger partial charge on any atom is -0.0729 e. The van der Waals surface area contributed by atoms with Crippen LogP contribution in [0.2, 0.25) is 0 Å². The molecule has 2 aliphatic carbocycles. The number of hydrogen-bond donors (Lipinski definition) is 0. The Hall–Kier alpha value is -1.04. The minimum absolute atomic E-state index is 0.880. The molecule has 0 nitrogen and oxygen atoms in total. The van der Waals surface area contributed by atoms with Crippen molar-refractivity contribution in [3.05, 3.63) is 34.7 Å². The first-order valence-electron chi connectivity index (χ1n) is 4.22. The van der Waals surface area contributed by atoms with Crippen molar-refractivity contribution in [3.8, 4) is 0 Å². The third kappa shape index (κ3) is 0.756. The van der Waals surface area contributed by atoms with Crippen LogP contribution in [0.25, 0.3) is 12.2 Å².